The molecule has 1 heterocycles. The van der Waals surface area contributed by atoms with Crippen LogP contribution in [0.25, 0.3) is 0 Å². The average Bonchev–Trinajstić information content (AvgIpc) is 2.70. The summed E-state index contributed by atoms with van der Waals surface area (Å²) in [5, 5.41) is 0. The fraction of sp³-hybridized carbons (Fsp3) is 0.300. The van der Waals surface area contributed by atoms with Crippen LogP contribution < -0.4 is 0 Å². The Labute approximate surface area is 160 Å². The molecule has 0 unspecified atom stereocenters. The van der Waals surface area contributed by atoms with Crippen molar-refractivity contribution in [2.24, 2.45) is 0 Å². The minimum atomic E-state index is -0.261. The number of nitrogens with zero attached hydrogens (tertiary/aromatic N) is 2. The van der Waals surface area contributed by atoms with Crippen molar-refractivity contribution in [3.05, 3.63) is 71.8 Å². The van der Waals surface area contributed by atoms with Crippen molar-refractivity contribution in [1.29, 1.82) is 0 Å². The van der Waals surface area contributed by atoms with Gasteiger partial charge in [-0.1, -0.05) is 36.4 Å². The molecular weight excluding hydrogens is 352 g/mol. The number of imide groups is 1. The first kappa shape index (κ1) is 20.1. The predicted octanol–water partition coefficient (Wildman–Crippen LogP) is 2.72. The Kier molecular flexibility index (Phi) is 7.78. The van der Waals surface area contributed by atoms with Crippen LogP contribution in [-0.2, 0) is 4.74 Å². The molecule has 26 heavy (non-hydrogen) atoms. The maximum Gasteiger partial charge on any atom is 0.260 e. The van der Waals surface area contributed by atoms with E-state index in [1.165, 1.54) is 4.90 Å². The highest BCUT2D eigenvalue weighted by atomic mass is 35.5. The summed E-state index contributed by atoms with van der Waals surface area (Å²) in [6.07, 6.45) is 0. The first-order chi connectivity index (χ1) is 12.3. The van der Waals surface area contributed by atoms with Gasteiger partial charge in [-0.3, -0.25) is 19.4 Å². The van der Waals surface area contributed by atoms with Crippen LogP contribution in [0, 0.1) is 0 Å². The summed E-state index contributed by atoms with van der Waals surface area (Å²) in [5.74, 6) is -0.523. The zero-order chi connectivity index (χ0) is 17.5. The van der Waals surface area contributed by atoms with Gasteiger partial charge in [-0.25, -0.2) is 0 Å². The highest BCUT2D eigenvalue weighted by molar-refractivity contribution is 6.10. The smallest absolute Gasteiger partial charge is 0.260 e. The van der Waals surface area contributed by atoms with Crippen LogP contribution in [0.5, 0.6) is 0 Å². The molecule has 138 valence electrons. The van der Waals surface area contributed by atoms with E-state index in [9.17, 15) is 9.59 Å². The van der Waals surface area contributed by atoms with Gasteiger partial charge in [-0.05, 0) is 24.3 Å². The van der Waals surface area contributed by atoms with Crippen molar-refractivity contribution in [2.75, 3.05) is 39.4 Å². The van der Waals surface area contributed by atoms with Gasteiger partial charge in [-0.2, -0.15) is 0 Å². The second-order valence-corrected chi connectivity index (χ2v) is 5.95. The molecule has 0 radical (unpaired) electrons. The standard InChI is InChI=1S/C20H22N2O3.ClH/c23-19(17-7-3-1-4-8-17)22(12-11-21-13-15-25-16-14-21)20(24)18-9-5-2-6-10-18;/h1-10H,11-16H2;1H. The quantitative estimate of drug-likeness (QED) is 0.755. The number of morpholine rings is 1. The van der Waals surface area contributed by atoms with E-state index in [-0.39, 0.29) is 24.2 Å². The van der Waals surface area contributed by atoms with Crippen molar-refractivity contribution in [3.8, 4) is 0 Å². The number of hydrogen-bond donors (Lipinski definition) is 0. The molecule has 1 aliphatic heterocycles. The minimum absolute atomic E-state index is 0. The van der Waals surface area contributed by atoms with E-state index in [0.717, 1.165) is 13.1 Å². The number of hydrogen-bond acceptors (Lipinski definition) is 4. The van der Waals surface area contributed by atoms with Gasteiger partial charge in [0.05, 0.1) is 13.2 Å². The first-order valence-electron chi connectivity index (χ1n) is 8.52. The molecule has 0 bridgehead atoms. The largest absolute Gasteiger partial charge is 0.379 e. The van der Waals surface area contributed by atoms with E-state index < -0.39 is 0 Å². The van der Waals surface area contributed by atoms with Gasteiger partial charge in [0.15, 0.2) is 0 Å². The average molecular weight is 375 g/mol. The maximum absolute atomic E-state index is 12.9. The van der Waals surface area contributed by atoms with Crippen LogP contribution >= 0.6 is 12.4 Å². The number of carbonyl (C=O) groups is 2. The summed E-state index contributed by atoms with van der Waals surface area (Å²) < 4.78 is 5.35. The fourth-order valence-electron chi connectivity index (χ4n) is 2.83. The summed E-state index contributed by atoms with van der Waals surface area (Å²) in [4.78, 5) is 29.4. The van der Waals surface area contributed by atoms with E-state index in [0.29, 0.717) is 37.4 Å². The fourth-order valence-corrected chi connectivity index (χ4v) is 2.83. The van der Waals surface area contributed by atoms with E-state index in [1.807, 2.05) is 12.1 Å². The van der Waals surface area contributed by atoms with Crippen molar-refractivity contribution in [1.82, 2.24) is 9.80 Å². The Morgan fingerprint density at radius 3 is 1.77 bits per heavy atom. The lowest BCUT2D eigenvalue weighted by Gasteiger charge is -2.29. The van der Waals surface area contributed by atoms with E-state index >= 15 is 0 Å². The minimum Gasteiger partial charge on any atom is -0.379 e. The molecule has 0 saturated carbocycles. The number of ether oxygens (including phenoxy) is 1. The molecule has 1 saturated heterocycles. The molecule has 3 rings (SSSR count). The number of benzene rings is 2. The third-order valence-corrected chi connectivity index (χ3v) is 4.28. The van der Waals surface area contributed by atoms with Crippen LogP contribution in [-0.4, -0.2) is 61.0 Å². The van der Waals surface area contributed by atoms with Gasteiger partial charge in [-0.15, -0.1) is 12.4 Å². The molecule has 2 amide bonds. The van der Waals surface area contributed by atoms with Gasteiger partial charge in [0.2, 0.25) is 0 Å². The summed E-state index contributed by atoms with van der Waals surface area (Å²) in [6, 6.07) is 17.9. The maximum atomic E-state index is 12.9. The van der Waals surface area contributed by atoms with Crippen LogP contribution in [0.2, 0.25) is 0 Å². The third-order valence-electron chi connectivity index (χ3n) is 4.28. The van der Waals surface area contributed by atoms with E-state index in [4.69, 9.17) is 4.74 Å². The Morgan fingerprint density at radius 2 is 1.31 bits per heavy atom. The Bertz CT molecular complexity index is 652. The summed E-state index contributed by atoms with van der Waals surface area (Å²) in [7, 11) is 0. The number of halogens is 1. The van der Waals surface area contributed by atoms with Gasteiger partial charge in [0.1, 0.15) is 0 Å². The van der Waals surface area contributed by atoms with Crippen LogP contribution in [0.15, 0.2) is 60.7 Å². The van der Waals surface area contributed by atoms with E-state index in [1.54, 1.807) is 48.5 Å². The Balaban J connectivity index is 0.00000243. The Hall–Kier alpha value is -2.21. The van der Waals surface area contributed by atoms with Crippen molar-refractivity contribution in [3.63, 3.8) is 0 Å². The second kappa shape index (κ2) is 10.1. The lowest BCUT2D eigenvalue weighted by molar-refractivity contribution is 0.0317. The number of carbonyl (C=O) groups excluding carboxylic acids is 2. The molecule has 0 aromatic heterocycles. The molecule has 5 nitrogen and oxygen atoms in total. The lowest BCUT2D eigenvalue weighted by Crippen LogP contribution is -2.45. The zero-order valence-electron chi connectivity index (χ0n) is 14.5. The molecule has 2 aromatic rings. The lowest BCUT2D eigenvalue weighted by atomic mass is 10.1. The van der Waals surface area contributed by atoms with Crippen LogP contribution in [0.1, 0.15) is 20.7 Å². The highest BCUT2D eigenvalue weighted by Gasteiger charge is 2.24. The molecule has 0 aliphatic carbocycles. The third kappa shape index (κ3) is 5.14. The molecule has 1 aliphatic rings. The van der Waals surface area contributed by atoms with Crippen LogP contribution in [0.3, 0.4) is 0 Å². The summed E-state index contributed by atoms with van der Waals surface area (Å²) >= 11 is 0. The summed E-state index contributed by atoms with van der Waals surface area (Å²) in [6.45, 7) is 4.06. The SMILES string of the molecule is Cl.O=C(c1ccccc1)N(CCN1CCOCC1)C(=O)c1ccccc1. The monoisotopic (exact) mass is 374 g/mol. The summed E-state index contributed by atoms with van der Waals surface area (Å²) in [5.41, 5.74) is 1.04. The first-order valence-corrected chi connectivity index (χ1v) is 8.52. The molecule has 1 fully saturated rings. The molecule has 0 N–H and O–H groups in total. The van der Waals surface area contributed by atoms with Crippen molar-refractivity contribution in [2.45, 2.75) is 0 Å². The van der Waals surface area contributed by atoms with Crippen molar-refractivity contribution < 1.29 is 14.3 Å². The van der Waals surface area contributed by atoms with E-state index in [2.05, 4.69) is 4.90 Å². The van der Waals surface area contributed by atoms with Gasteiger partial charge in [0, 0.05) is 37.3 Å². The second-order valence-electron chi connectivity index (χ2n) is 5.95. The highest BCUT2D eigenvalue weighted by Crippen LogP contribution is 2.11. The molecule has 2 aromatic carbocycles. The van der Waals surface area contributed by atoms with Crippen LogP contribution in [0.4, 0.5) is 0 Å². The normalized spacial score (nSPS) is 14.3. The Morgan fingerprint density at radius 1 is 0.846 bits per heavy atom. The van der Waals surface area contributed by atoms with Gasteiger partial charge < -0.3 is 4.74 Å². The van der Waals surface area contributed by atoms with Gasteiger partial charge >= 0.3 is 0 Å². The number of amides is 2. The van der Waals surface area contributed by atoms with Crippen molar-refractivity contribution >= 4 is 24.2 Å². The zero-order valence-corrected chi connectivity index (χ0v) is 15.4. The molecule has 6 heteroatoms. The molecule has 0 atom stereocenters. The molecular formula is C20H23ClN2O3. The number of rotatable bonds is 5. The van der Waals surface area contributed by atoms with Gasteiger partial charge in [0.25, 0.3) is 11.8 Å². The molecule has 0 spiro atoms. The topological polar surface area (TPSA) is 49.9 Å². The predicted molar refractivity (Wildman–Crippen MR) is 103 cm³/mol.